The highest BCUT2D eigenvalue weighted by Gasteiger charge is 2.23. The SMILES string of the molecule is CCc1ncnc(-c2ccc(C(=O)N3CCCC3)c(F)c2)c1-c1ccc(N)nc1. The van der Waals surface area contributed by atoms with Crippen molar-refractivity contribution in [1.29, 1.82) is 0 Å². The zero-order chi connectivity index (χ0) is 20.4. The predicted molar refractivity (Wildman–Crippen MR) is 110 cm³/mol. The smallest absolute Gasteiger partial charge is 0.256 e. The zero-order valence-corrected chi connectivity index (χ0v) is 16.2. The molecule has 1 aromatic carbocycles. The van der Waals surface area contributed by atoms with Crippen LogP contribution >= 0.6 is 0 Å². The lowest BCUT2D eigenvalue weighted by atomic mass is 9.97. The van der Waals surface area contributed by atoms with Crippen molar-refractivity contribution in [3.05, 3.63) is 59.9 Å². The van der Waals surface area contributed by atoms with Gasteiger partial charge in [-0.3, -0.25) is 4.79 Å². The molecular formula is C22H22FN5O. The van der Waals surface area contributed by atoms with Gasteiger partial charge in [0.2, 0.25) is 0 Å². The van der Waals surface area contributed by atoms with Gasteiger partial charge in [0, 0.05) is 36.0 Å². The molecule has 1 fully saturated rings. The molecule has 0 atom stereocenters. The van der Waals surface area contributed by atoms with E-state index in [0.29, 0.717) is 36.6 Å². The second-order valence-corrected chi connectivity index (χ2v) is 7.06. The number of nitrogens with zero attached hydrogens (tertiary/aromatic N) is 4. The molecule has 148 valence electrons. The quantitative estimate of drug-likeness (QED) is 0.733. The maximum Gasteiger partial charge on any atom is 0.256 e. The molecule has 0 spiro atoms. The number of benzene rings is 1. The fourth-order valence-electron chi connectivity index (χ4n) is 3.69. The average molecular weight is 391 g/mol. The van der Waals surface area contributed by atoms with Crippen molar-refractivity contribution < 1.29 is 9.18 Å². The number of nitrogen functional groups attached to an aromatic ring is 1. The maximum atomic E-state index is 14.9. The van der Waals surface area contributed by atoms with Gasteiger partial charge in [0.1, 0.15) is 18.0 Å². The van der Waals surface area contributed by atoms with Crippen LogP contribution in [0.25, 0.3) is 22.4 Å². The number of carbonyl (C=O) groups excluding carboxylic acids is 1. The Morgan fingerprint density at radius 2 is 1.86 bits per heavy atom. The number of hydrogen-bond acceptors (Lipinski definition) is 5. The monoisotopic (exact) mass is 391 g/mol. The topological polar surface area (TPSA) is 85.0 Å². The summed E-state index contributed by atoms with van der Waals surface area (Å²) in [6, 6.07) is 8.22. The first-order valence-electron chi connectivity index (χ1n) is 9.73. The molecule has 1 aliphatic heterocycles. The summed E-state index contributed by atoms with van der Waals surface area (Å²) in [5.74, 6) is -0.384. The number of aryl methyl sites for hydroxylation is 1. The number of aromatic nitrogens is 3. The molecule has 0 bridgehead atoms. The molecule has 6 nitrogen and oxygen atoms in total. The number of nitrogens with two attached hydrogens (primary N) is 1. The molecule has 0 aliphatic carbocycles. The van der Waals surface area contributed by atoms with E-state index in [-0.39, 0.29) is 11.5 Å². The molecule has 1 saturated heterocycles. The van der Waals surface area contributed by atoms with E-state index in [1.54, 1.807) is 29.3 Å². The summed E-state index contributed by atoms with van der Waals surface area (Å²) in [5.41, 5.74) is 9.43. The Morgan fingerprint density at radius 1 is 1.10 bits per heavy atom. The number of likely N-dealkylation sites (tertiary alicyclic amines) is 1. The first-order chi connectivity index (χ1) is 14.1. The van der Waals surface area contributed by atoms with Gasteiger partial charge in [-0.25, -0.2) is 19.3 Å². The molecule has 0 radical (unpaired) electrons. The third kappa shape index (κ3) is 3.68. The van der Waals surface area contributed by atoms with Crippen molar-refractivity contribution in [3.63, 3.8) is 0 Å². The van der Waals surface area contributed by atoms with E-state index >= 15 is 0 Å². The van der Waals surface area contributed by atoms with Gasteiger partial charge in [0.05, 0.1) is 17.0 Å². The van der Waals surface area contributed by atoms with Crippen LogP contribution in [-0.2, 0) is 6.42 Å². The first kappa shape index (κ1) is 19.0. The number of pyridine rings is 1. The van der Waals surface area contributed by atoms with Gasteiger partial charge in [-0.1, -0.05) is 13.0 Å². The van der Waals surface area contributed by atoms with Crippen molar-refractivity contribution in [2.45, 2.75) is 26.2 Å². The van der Waals surface area contributed by atoms with Crippen molar-refractivity contribution >= 4 is 11.7 Å². The molecule has 1 aliphatic rings. The third-order valence-electron chi connectivity index (χ3n) is 5.20. The van der Waals surface area contributed by atoms with E-state index in [0.717, 1.165) is 29.7 Å². The van der Waals surface area contributed by atoms with E-state index in [1.165, 1.54) is 12.4 Å². The molecule has 1 amide bonds. The molecule has 3 aromatic rings. The van der Waals surface area contributed by atoms with Crippen molar-refractivity contribution in [2.75, 3.05) is 18.8 Å². The molecular weight excluding hydrogens is 369 g/mol. The second-order valence-electron chi connectivity index (χ2n) is 7.06. The Bertz CT molecular complexity index is 1050. The van der Waals surface area contributed by atoms with Crippen LogP contribution < -0.4 is 5.73 Å². The summed E-state index contributed by atoms with van der Waals surface area (Å²) in [7, 11) is 0. The zero-order valence-electron chi connectivity index (χ0n) is 16.2. The lowest BCUT2D eigenvalue weighted by Gasteiger charge is -2.17. The summed E-state index contributed by atoms with van der Waals surface area (Å²) < 4.78 is 14.9. The number of anilines is 1. The lowest BCUT2D eigenvalue weighted by molar-refractivity contribution is 0.0788. The van der Waals surface area contributed by atoms with Gasteiger partial charge < -0.3 is 10.6 Å². The van der Waals surface area contributed by atoms with E-state index in [9.17, 15) is 9.18 Å². The minimum atomic E-state index is -0.544. The largest absolute Gasteiger partial charge is 0.384 e. The van der Waals surface area contributed by atoms with E-state index in [2.05, 4.69) is 15.0 Å². The molecule has 2 N–H and O–H groups in total. The van der Waals surface area contributed by atoms with Crippen LogP contribution in [0.3, 0.4) is 0 Å². The normalized spacial score (nSPS) is 13.7. The molecule has 3 heterocycles. The second kappa shape index (κ2) is 7.95. The molecule has 2 aromatic heterocycles. The molecule has 0 saturated carbocycles. The summed E-state index contributed by atoms with van der Waals surface area (Å²) >= 11 is 0. The Labute approximate surface area is 168 Å². The number of halogens is 1. The van der Waals surface area contributed by atoms with Gasteiger partial charge >= 0.3 is 0 Å². The lowest BCUT2D eigenvalue weighted by Crippen LogP contribution is -2.28. The number of rotatable bonds is 4. The molecule has 0 unspecified atom stereocenters. The van der Waals surface area contributed by atoms with Crippen molar-refractivity contribution in [1.82, 2.24) is 19.9 Å². The van der Waals surface area contributed by atoms with Crippen LogP contribution in [-0.4, -0.2) is 38.8 Å². The van der Waals surface area contributed by atoms with Gasteiger partial charge in [-0.15, -0.1) is 0 Å². The van der Waals surface area contributed by atoms with Crippen LogP contribution in [0.15, 0.2) is 42.9 Å². The maximum absolute atomic E-state index is 14.9. The fourth-order valence-corrected chi connectivity index (χ4v) is 3.69. The molecule has 7 heteroatoms. The summed E-state index contributed by atoms with van der Waals surface area (Å²) in [6.07, 6.45) is 5.75. The highest BCUT2D eigenvalue weighted by Crippen LogP contribution is 2.33. The summed E-state index contributed by atoms with van der Waals surface area (Å²) in [4.78, 5) is 27.2. The van der Waals surface area contributed by atoms with Crippen molar-refractivity contribution in [2.24, 2.45) is 0 Å². The Hall–Kier alpha value is -3.35. The Kier molecular flexibility index (Phi) is 5.20. The number of hydrogen-bond donors (Lipinski definition) is 1. The van der Waals surface area contributed by atoms with Gasteiger partial charge in [0.15, 0.2) is 0 Å². The predicted octanol–water partition coefficient (Wildman–Crippen LogP) is 3.73. The highest BCUT2D eigenvalue weighted by molar-refractivity contribution is 5.95. The fraction of sp³-hybridized carbons (Fsp3) is 0.273. The summed E-state index contributed by atoms with van der Waals surface area (Å²) in [6.45, 7) is 3.36. The van der Waals surface area contributed by atoms with Crippen LogP contribution in [0.1, 0.15) is 35.8 Å². The van der Waals surface area contributed by atoms with E-state index in [1.807, 2.05) is 13.0 Å². The van der Waals surface area contributed by atoms with Gasteiger partial charge in [-0.05, 0) is 43.5 Å². The minimum Gasteiger partial charge on any atom is -0.384 e. The molecule has 4 rings (SSSR count). The van der Waals surface area contributed by atoms with Crippen LogP contribution in [0.4, 0.5) is 10.2 Å². The van der Waals surface area contributed by atoms with Crippen molar-refractivity contribution in [3.8, 4) is 22.4 Å². The van der Waals surface area contributed by atoms with Crippen LogP contribution in [0, 0.1) is 5.82 Å². The van der Waals surface area contributed by atoms with Gasteiger partial charge in [0.25, 0.3) is 5.91 Å². The summed E-state index contributed by atoms with van der Waals surface area (Å²) in [5, 5.41) is 0. The van der Waals surface area contributed by atoms with Crippen LogP contribution in [0.2, 0.25) is 0 Å². The Morgan fingerprint density at radius 3 is 2.52 bits per heavy atom. The Balaban J connectivity index is 1.78. The van der Waals surface area contributed by atoms with E-state index in [4.69, 9.17) is 5.73 Å². The average Bonchev–Trinajstić information content (AvgIpc) is 3.28. The molecule has 29 heavy (non-hydrogen) atoms. The number of carbonyl (C=O) groups is 1. The van der Waals surface area contributed by atoms with Crippen LogP contribution in [0.5, 0.6) is 0 Å². The third-order valence-corrected chi connectivity index (χ3v) is 5.20. The minimum absolute atomic E-state index is 0.0936. The van der Waals surface area contributed by atoms with Gasteiger partial charge in [-0.2, -0.15) is 0 Å². The van der Waals surface area contributed by atoms with E-state index < -0.39 is 5.82 Å². The number of amides is 1. The highest BCUT2D eigenvalue weighted by atomic mass is 19.1. The standard InChI is InChI=1S/C22H22FN5O/c1-2-18-20(15-6-8-19(24)25-12-15)21(27-13-26-18)14-5-7-16(17(23)11-14)22(29)28-9-3-4-10-28/h5-8,11-13H,2-4,9-10H2,1H3,(H2,24,25). The first-order valence-corrected chi connectivity index (χ1v) is 9.73.